The van der Waals surface area contributed by atoms with E-state index in [4.69, 9.17) is 4.74 Å². The van der Waals surface area contributed by atoms with E-state index in [1.807, 2.05) is 0 Å². The highest BCUT2D eigenvalue weighted by molar-refractivity contribution is 5.95. The van der Waals surface area contributed by atoms with Gasteiger partial charge in [-0.15, -0.1) is 0 Å². The third-order valence-corrected chi connectivity index (χ3v) is 3.76. The van der Waals surface area contributed by atoms with Crippen LogP contribution in [0.1, 0.15) is 19.2 Å². The van der Waals surface area contributed by atoms with E-state index >= 15 is 0 Å². The zero-order valence-corrected chi connectivity index (χ0v) is 12.7. The molecule has 24 heavy (non-hydrogen) atoms. The number of carbonyl (C=O) groups excluding carboxylic acids is 1. The highest BCUT2D eigenvalue weighted by Crippen LogP contribution is 2.28. The maximum atomic E-state index is 12.5. The Morgan fingerprint density at radius 3 is 2.92 bits per heavy atom. The molecular formula is C15H13N3O6. The van der Waals surface area contributed by atoms with Gasteiger partial charge in [-0.25, -0.2) is 9.78 Å². The van der Waals surface area contributed by atoms with Crippen LogP contribution < -0.4 is 5.56 Å². The lowest BCUT2D eigenvalue weighted by molar-refractivity contribution is -0.384. The Morgan fingerprint density at radius 2 is 2.25 bits per heavy atom. The van der Waals surface area contributed by atoms with Gasteiger partial charge in [-0.05, 0) is 19.4 Å². The molecule has 9 heteroatoms. The molecule has 0 aliphatic carbocycles. The predicted octanol–water partition coefficient (Wildman–Crippen LogP) is 1.54. The van der Waals surface area contributed by atoms with Crippen molar-refractivity contribution in [3.05, 3.63) is 50.3 Å². The minimum atomic E-state index is -0.876. The lowest BCUT2D eigenvalue weighted by atomic mass is 10.1. The van der Waals surface area contributed by atoms with Crippen LogP contribution in [0.5, 0.6) is 0 Å². The molecular weight excluding hydrogens is 318 g/mol. The number of aliphatic hydroxyl groups excluding tert-OH is 1. The topological polar surface area (TPSA) is 125 Å². The highest BCUT2D eigenvalue weighted by atomic mass is 16.6. The number of fused-ring (bicyclic) bond motifs is 2. The molecule has 0 fully saturated rings. The largest absolute Gasteiger partial charge is 0.502 e. The molecule has 1 N–H and O–H groups in total. The molecule has 0 atom stereocenters. The fourth-order valence-corrected chi connectivity index (χ4v) is 2.64. The van der Waals surface area contributed by atoms with Gasteiger partial charge in [0.1, 0.15) is 5.82 Å². The average molecular weight is 331 g/mol. The van der Waals surface area contributed by atoms with E-state index in [0.717, 1.165) is 0 Å². The van der Waals surface area contributed by atoms with E-state index in [2.05, 4.69) is 4.98 Å². The Labute approximate surface area is 135 Å². The number of benzene rings is 1. The van der Waals surface area contributed by atoms with Crippen LogP contribution in [0, 0.1) is 10.1 Å². The smallest absolute Gasteiger partial charge is 0.373 e. The number of rotatable bonds is 3. The molecule has 0 saturated carbocycles. The second-order valence-corrected chi connectivity index (χ2v) is 5.15. The second kappa shape index (κ2) is 5.76. The van der Waals surface area contributed by atoms with Crippen molar-refractivity contribution in [2.75, 3.05) is 6.61 Å². The summed E-state index contributed by atoms with van der Waals surface area (Å²) in [5.74, 6) is -1.28. The zero-order valence-electron chi connectivity index (χ0n) is 12.7. The van der Waals surface area contributed by atoms with Gasteiger partial charge in [-0.2, -0.15) is 0 Å². The third kappa shape index (κ3) is 2.39. The van der Waals surface area contributed by atoms with Crippen molar-refractivity contribution in [1.82, 2.24) is 9.55 Å². The zero-order chi connectivity index (χ0) is 17.4. The molecule has 2 heterocycles. The molecule has 1 aromatic heterocycles. The van der Waals surface area contributed by atoms with Crippen molar-refractivity contribution in [1.29, 1.82) is 0 Å². The fraction of sp³-hybridized carbons (Fsp3) is 0.267. The summed E-state index contributed by atoms with van der Waals surface area (Å²) in [7, 11) is 0. The maximum absolute atomic E-state index is 12.5. The van der Waals surface area contributed by atoms with Crippen molar-refractivity contribution in [2.45, 2.75) is 19.9 Å². The second-order valence-electron chi connectivity index (χ2n) is 5.15. The van der Waals surface area contributed by atoms with Crippen molar-refractivity contribution >= 4 is 28.1 Å². The fourth-order valence-electron chi connectivity index (χ4n) is 2.64. The van der Waals surface area contributed by atoms with Crippen LogP contribution >= 0.6 is 0 Å². The van der Waals surface area contributed by atoms with Crippen LogP contribution in [-0.4, -0.2) is 32.2 Å². The van der Waals surface area contributed by atoms with Gasteiger partial charge in [0.2, 0.25) is 5.76 Å². The summed E-state index contributed by atoms with van der Waals surface area (Å²) in [6.07, 6.45) is 0.241. The first-order valence-corrected chi connectivity index (χ1v) is 7.22. The molecule has 0 radical (unpaired) electrons. The Bertz CT molecular complexity index is 960. The molecule has 9 nitrogen and oxygen atoms in total. The van der Waals surface area contributed by atoms with Crippen molar-refractivity contribution in [2.24, 2.45) is 0 Å². The summed E-state index contributed by atoms with van der Waals surface area (Å²) in [6, 6.07) is 3.79. The monoisotopic (exact) mass is 331 g/mol. The molecule has 1 aromatic carbocycles. The number of aromatic nitrogens is 2. The van der Waals surface area contributed by atoms with Crippen LogP contribution in [0.4, 0.5) is 5.69 Å². The SMILES string of the molecule is CCOC(=O)/C(O)=C1\CCn2c1nc1ccc([N+](=O)[O-])cc1c2=O. The predicted molar refractivity (Wildman–Crippen MR) is 83.5 cm³/mol. The summed E-state index contributed by atoms with van der Waals surface area (Å²) >= 11 is 0. The van der Waals surface area contributed by atoms with Crippen LogP contribution in [0.15, 0.2) is 28.8 Å². The van der Waals surface area contributed by atoms with Crippen LogP contribution in [-0.2, 0) is 16.1 Å². The number of carbonyl (C=O) groups is 1. The van der Waals surface area contributed by atoms with Gasteiger partial charge in [-0.1, -0.05) is 0 Å². The van der Waals surface area contributed by atoms with E-state index in [-0.39, 0.29) is 47.6 Å². The first-order chi connectivity index (χ1) is 11.4. The lowest BCUT2D eigenvalue weighted by Gasteiger charge is -2.07. The normalized spacial score (nSPS) is 15.2. The van der Waals surface area contributed by atoms with Crippen molar-refractivity contribution < 1.29 is 19.6 Å². The number of esters is 1. The summed E-state index contributed by atoms with van der Waals surface area (Å²) in [6.45, 7) is 1.94. The molecule has 0 spiro atoms. The van der Waals surface area contributed by atoms with Gasteiger partial charge < -0.3 is 9.84 Å². The van der Waals surface area contributed by atoms with E-state index in [1.165, 1.54) is 22.8 Å². The van der Waals surface area contributed by atoms with Crippen LogP contribution in [0.3, 0.4) is 0 Å². The quantitative estimate of drug-likeness (QED) is 0.297. The van der Waals surface area contributed by atoms with Gasteiger partial charge in [0.05, 0.1) is 22.4 Å². The minimum absolute atomic E-state index is 0.109. The Kier molecular flexibility index (Phi) is 3.76. The van der Waals surface area contributed by atoms with Crippen LogP contribution in [0.25, 0.3) is 16.5 Å². The number of allylic oxidation sites excluding steroid dienone is 1. The summed E-state index contributed by atoms with van der Waals surface area (Å²) < 4.78 is 6.04. The highest BCUT2D eigenvalue weighted by Gasteiger charge is 2.27. The molecule has 124 valence electrons. The number of nitrogens with zero attached hydrogens (tertiary/aromatic N) is 3. The van der Waals surface area contributed by atoms with E-state index in [0.29, 0.717) is 0 Å². The minimum Gasteiger partial charge on any atom is -0.502 e. The summed E-state index contributed by atoms with van der Waals surface area (Å²) in [5.41, 5.74) is -0.172. The number of nitro groups is 1. The van der Waals surface area contributed by atoms with Crippen molar-refractivity contribution in [3.63, 3.8) is 0 Å². The van der Waals surface area contributed by atoms with Crippen LogP contribution in [0.2, 0.25) is 0 Å². The summed E-state index contributed by atoms with van der Waals surface area (Å²) in [4.78, 5) is 38.8. The van der Waals surface area contributed by atoms with Gasteiger partial charge in [0.15, 0.2) is 0 Å². The Hall–Kier alpha value is -3.23. The standard InChI is InChI=1S/C15H13N3O6/c1-2-24-15(21)12(19)9-5-6-17-13(9)16-11-4-3-8(18(22)23)7-10(11)14(17)20/h3-4,7,19H,2,5-6H2,1H3/b12-9-. The number of non-ortho nitro benzene ring substituents is 1. The first-order valence-electron chi connectivity index (χ1n) is 7.22. The lowest BCUT2D eigenvalue weighted by Crippen LogP contribution is -2.21. The molecule has 1 aliphatic heterocycles. The molecule has 0 bridgehead atoms. The molecule has 0 saturated heterocycles. The molecule has 0 unspecified atom stereocenters. The van der Waals surface area contributed by atoms with E-state index < -0.39 is 22.2 Å². The number of hydrogen-bond donors (Lipinski definition) is 1. The maximum Gasteiger partial charge on any atom is 0.373 e. The van der Waals surface area contributed by atoms with Crippen molar-refractivity contribution in [3.8, 4) is 0 Å². The van der Waals surface area contributed by atoms with Gasteiger partial charge in [-0.3, -0.25) is 19.5 Å². The number of hydrogen-bond acceptors (Lipinski definition) is 7. The van der Waals surface area contributed by atoms with Gasteiger partial charge >= 0.3 is 5.97 Å². The number of aliphatic hydroxyl groups is 1. The molecule has 0 amide bonds. The van der Waals surface area contributed by atoms with E-state index in [9.17, 15) is 24.8 Å². The number of nitro benzene ring substituents is 1. The molecule has 1 aliphatic rings. The van der Waals surface area contributed by atoms with Gasteiger partial charge in [0.25, 0.3) is 11.2 Å². The molecule has 2 aromatic rings. The first kappa shape index (κ1) is 15.7. The summed E-state index contributed by atoms with van der Waals surface area (Å²) in [5, 5.41) is 21.0. The third-order valence-electron chi connectivity index (χ3n) is 3.76. The Morgan fingerprint density at radius 1 is 1.50 bits per heavy atom. The van der Waals surface area contributed by atoms with Gasteiger partial charge in [0, 0.05) is 24.3 Å². The average Bonchev–Trinajstić information content (AvgIpc) is 2.98. The number of ether oxygens (including phenoxy) is 1. The molecule has 3 rings (SSSR count). The Balaban J connectivity index is 2.21. The van der Waals surface area contributed by atoms with E-state index in [1.54, 1.807) is 6.92 Å².